The first-order chi connectivity index (χ1) is 67.8. The topological polar surface area (TPSA) is 277 Å². The number of hydrogen-bond donors (Lipinski definition) is 0. The highest BCUT2D eigenvalue weighted by atomic mass is 16.8. The van der Waals surface area contributed by atoms with Gasteiger partial charge in [-0.2, -0.15) is 0 Å². The molecule has 31 rings (SSSR count). The molecule has 0 unspecified atom stereocenters. The summed E-state index contributed by atoms with van der Waals surface area (Å²) in [5.74, 6) is 0. The molecule has 30 atom stereocenters. The van der Waals surface area contributed by atoms with E-state index in [1.165, 1.54) is 42.7 Å². The van der Waals surface area contributed by atoms with E-state index in [-0.39, 0.29) is 39.6 Å². The molecular formula is C108H132O30. The molecule has 30 nitrogen and oxygen atoms in total. The van der Waals surface area contributed by atoms with Crippen LogP contribution in [0.25, 0.3) is 0 Å². The minimum atomic E-state index is -1.39. The van der Waals surface area contributed by atoms with E-state index in [9.17, 15) is 0 Å². The van der Waals surface area contributed by atoms with E-state index in [4.69, 9.17) is 142 Å². The molecular weight excluding hydrogens is 1780 g/mol. The highest BCUT2D eigenvalue weighted by molar-refractivity contribution is 5.51. The molecule has 22 aliphatic heterocycles. The van der Waals surface area contributed by atoms with Crippen molar-refractivity contribution in [3.63, 3.8) is 0 Å². The van der Waals surface area contributed by atoms with Gasteiger partial charge in [0.15, 0.2) is 37.7 Å². The summed E-state index contributed by atoms with van der Waals surface area (Å²) < 4.78 is 213. The zero-order chi connectivity index (χ0) is 96.3. The Labute approximate surface area is 808 Å². The highest BCUT2D eigenvalue weighted by Crippen LogP contribution is 2.49. The van der Waals surface area contributed by atoms with Crippen molar-refractivity contribution >= 4 is 0 Å². The summed E-state index contributed by atoms with van der Waals surface area (Å²) in [6.07, 6.45) is -35.5. The van der Waals surface area contributed by atoms with Gasteiger partial charge >= 0.3 is 0 Å². The van der Waals surface area contributed by atoms with Crippen LogP contribution in [0, 0.1) is 0 Å². The molecule has 0 aromatic heterocycles. The first kappa shape index (κ1) is 103. The van der Waals surface area contributed by atoms with E-state index in [2.05, 4.69) is 0 Å². The van der Waals surface area contributed by atoms with Gasteiger partial charge in [0.2, 0.25) is 0 Å². The number of ether oxygens (including phenoxy) is 30. The summed E-state index contributed by atoms with van der Waals surface area (Å²) in [6.45, 7) is -1.03. The summed E-state index contributed by atoms with van der Waals surface area (Å²) in [6, 6.07) is 90.0. The van der Waals surface area contributed by atoms with Crippen LogP contribution in [-0.4, -0.2) is 331 Å². The van der Waals surface area contributed by atoms with Crippen molar-refractivity contribution in [2.24, 2.45) is 0 Å². The van der Waals surface area contributed by atoms with Crippen LogP contribution in [0.15, 0.2) is 273 Å². The fourth-order valence-corrected chi connectivity index (χ4v) is 21.2. The lowest BCUT2D eigenvalue weighted by Gasteiger charge is -2.53. The number of rotatable bonds is 36. The summed E-state index contributed by atoms with van der Waals surface area (Å²) in [4.78, 5) is 0. The molecule has 12 bridgehead atoms. The highest BCUT2D eigenvalue weighted by Gasteiger charge is 2.63. The third kappa shape index (κ3) is 21.0. The van der Waals surface area contributed by atoms with Crippen LogP contribution >= 0.6 is 0 Å². The minimum absolute atomic E-state index is 0.107. The average molecular weight is 1910 g/mol. The maximum Gasteiger partial charge on any atom is 0.187 e. The zero-order valence-corrected chi connectivity index (χ0v) is 80.8. The van der Waals surface area contributed by atoms with E-state index in [0.717, 1.165) is 50.1 Å². The predicted molar refractivity (Wildman–Crippen MR) is 502 cm³/mol. The van der Waals surface area contributed by atoms with Crippen LogP contribution in [0.1, 0.15) is 50.1 Å². The van der Waals surface area contributed by atoms with Gasteiger partial charge < -0.3 is 142 Å². The molecule has 0 saturated carbocycles. The number of methoxy groups -OCH3 is 15. The third-order valence-electron chi connectivity index (χ3n) is 27.6. The summed E-state index contributed by atoms with van der Waals surface area (Å²) >= 11 is 0. The summed E-state index contributed by atoms with van der Waals surface area (Å²) in [7, 11) is 23.2. The Morgan fingerprint density at radius 1 is 0.159 bits per heavy atom. The van der Waals surface area contributed by atoms with Crippen LogP contribution < -0.4 is 0 Å². The molecule has 9 aromatic rings. The molecule has 0 radical (unpaired) electrons. The maximum atomic E-state index is 7.79. The second-order valence-corrected chi connectivity index (χ2v) is 34.9. The Kier molecular flexibility index (Phi) is 36.2. The van der Waals surface area contributed by atoms with Crippen LogP contribution in [0.2, 0.25) is 0 Å². The van der Waals surface area contributed by atoms with Crippen molar-refractivity contribution in [3.8, 4) is 0 Å². The minimum Gasteiger partial charge on any atom is -0.382 e. The SMILES string of the molecule is COC[C@H]1O[C@@H]2O[C@H]3[C@H](OC)[C@@H](OC)[C@@H](O[C@H]4[C@H](OC)[C@@H](OC)[C@@H](O[C@H]5[C@H](OC)[C@@H](OC)[C@@H](O[C@H]6[C@H](OC)[C@@H](OC)[C@@H](O[C@H]7[C@H](OC)[C@@H](OC)[C@@H](O[C@H]1[C@H](OC)[C@H]2OC)O[C@@H]7COC(c1ccccc1)(c1ccccc1)c1ccccc1)O[C@@H]6COC)O[C@@H]5COC(c1ccccc1)(c1ccccc1)c1ccccc1)O[C@@H]4COC)O[C@@H]3COC(c1ccccc1)(c1ccccc1)c1ccccc1. The van der Waals surface area contributed by atoms with Crippen molar-refractivity contribution in [2.45, 2.75) is 201 Å². The largest absolute Gasteiger partial charge is 0.382 e. The molecule has 9 aromatic carbocycles. The Morgan fingerprint density at radius 2 is 0.283 bits per heavy atom. The lowest BCUT2D eigenvalue weighted by atomic mass is 9.80. The van der Waals surface area contributed by atoms with Crippen LogP contribution in [-0.2, 0) is 159 Å². The van der Waals surface area contributed by atoms with E-state index < -0.39 is 201 Å². The molecule has 22 fully saturated rings. The van der Waals surface area contributed by atoms with Crippen LogP contribution in [0.4, 0.5) is 0 Å². The van der Waals surface area contributed by atoms with Gasteiger partial charge in [0.25, 0.3) is 0 Å². The number of hydrogen-bond acceptors (Lipinski definition) is 30. The quantitative estimate of drug-likeness (QED) is 0.0330. The zero-order valence-electron chi connectivity index (χ0n) is 80.8. The first-order valence-corrected chi connectivity index (χ1v) is 46.8. The Balaban J connectivity index is 0.861. The second kappa shape index (κ2) is 48.7. The summed E-state index contributed by atoms with van der Waals surface area (Å²) in [5, 5.41) is 0. The van der Waals surface area contributed by atoms with Gasteiger partial charge in [0.1, 0.15) is 163 Å². The average Bonchev–Trinajstić information content (AvgIpc) is 0.754. The maximum absolute atomic E-state index is 7.79. The Hall–Kier alpha value is -8.22. The van der Waals surface area contributed by atoms with E-state index in [1.54, 1.807) is 64.0 Å². The van der Waals surface area contributed by atoms with Gasteiger partial charge in [-0.3, -0.25) is 0 Å². The van der Waals surface area contributed by atoms with Gasteiger partial charge in [-0.25, -0.2) is 0 Å². The lowest BCUT2D eigenvalue weighted by molar-refractivity contribution is -0.410. The molecule has 22 saturated heterocycles. The molecule has 22 heterocycles. The van der Waals surface area contributed by atoms with Gasteiger partial charge in [0, 0.05) is 107 Å². The van der Waals surface area contributed by atoms with Crippen LogP contribution in [0.5, 0.6) is 0 Å². The second-order valence-electron chi connectivity index (χ2n) is 34.9. The first-order valence-electron chi connectivity index (χ1n) is 46.8. The molecule has 22 aliphatic rings. The van der Waals surface area contributed by atoms with Gasteiger partial charge in [-0.1, -0.05) is 273 Å². The Morgan fingerprint density at radius 3 is 0.399 bits per heavy atom. The van der Waals surface area contributed by atoms with Gasteiger partial charge in [0.05, 0.1) is 39.6 Å². The van der Waals surface area contributed by atoms with Crippen molar-refractivity contribution < 1.29 is 142 Å². The van der Waals surface area contributed by atoms with Crippen molar-refractivity contribution in [2.75, 3.05) is 146 Å². The lowest BCUT2D eigenvalue weighted by Crippen LogP contribution is -2.70. The van der Waals surface area contributed by atoms with E-state index >= 15 is 0 Å². The van der Waals surface area contributed by atoms with Gasteiger partial charge in [-0.15, -0.1) is 0 Å². The van der Waals surface area contributed by atoms with Crippen molar-refractivity contribution in [1.82, 2.24) is 0 Å². The molecule has 138 heavy (non-hydrogen) atoms. The normalized spacial score (nSPS) is 32.8. The third-order valence-corrected chi connectivity index (χ3v) is 27.6. The Bertz CT molecular complexity index is 4240. The van der Waals surface area contributed by atoms with Crippen LogP contribution in [0.3, 0.4) is 0 Å². The predicted octanol–water partition coefficient (Wildman–Crippen LogP) is 11.8. The molecule has 30 heteroatoms. The van der Waals surface area contributed by atoms with Crippen molar-refractivity contribution in [1.29, 1.82) is 0 Å². The molecule has 0 N–H and O–H groups in total. The fourth-order valence-electron chi connectivity index (χ4n) is 21.2. The monoisotopic (exact) mass is 1910 g/mol. The molecule has 0 amide bonds. The fraction of sp³-hybridized carbons (Fsp3) is 0.500. The van der Waals surface area contributed by atoms with E-state index in [0.29, 0.717) is 0 Å². The molecule has 0 spiro atoms. The smallest absolute Gasteiger partial charge is 0.187 e. The molecule has 744 valence electrons. The van der Waals surface area contributed by atoms with Crippen molar-refractivity contribution in [3.05, 3.63) is 323 Å². The standard InChI is InChI=1S/C108H132O30/c1-109-61-76-82-88(112-4)94(118-10)100(127-76)136-85-79(64-124-106(67-43-25-16-26-44-67,68-45-27-17-28-46-68)69-47-29-18-30-48-69)131-104(98(122-14)91(85)115-7)134-83-77(62-110-2)129-102(96(120-12)89(83)113-5)138-87-81(66-126-108(73-55-37-22-38-56-73,74-57-39-23-40-58-74)75-59-41-24-42-60-75)132-105(99(123-15)93(87)117-9)135-84-78(63-111-3)128-101(95(119-11)90(84)114-6)137-86-80(130-103(133-82)97(121-13)92(86)116-8)65-125-107(70-49-31-19-32-50-70,71-51-33-20-34-52-71)72-53-35-21-36-54-72/h16-60,76-105H,61-66H2,1-15H3/t76-,77-,78-,79-,80-,81-,82-,83-,84-,85-,86-,87-,88+,89+,90+,91+,92+,93+,94-,95-,96-,97-,98-,99-,100-,101-,102-,103-,104-,105-/m1/s1. The van der Waals surface area contributed by atoms with E-state index in [1.807, 2.05) is 273 Å². The number of benzene rings is 9. The summed E-state index contributed by atoms with van der Waals surface area (Å²) in [5.41, 5.74) is 3.31. The molecule has 0 aliphatic carbocycles. The van der Waals surface area contributed by atoms with Gasteiger partial charge in [-0.05, 0) is 50.1 Å².